The van der Waals surface area contributed by atoms with Crippen LogP contribution in [-0.4, -0.2) is 0 Å². The van der Waals surface area contributed by atoms with Gasteiger partial charge < -0.3 is 9.64 Å². The molecule has 0 radical (unpaired) electrons. The topological polar surface area (TPSA) is 12.5 Å². The maximum absolute atomic E-state index is 7.25. The summed E-state index contributed by atoms with van der Waals surface area (Å²) in [5.41, 5.74) is 10.2. The Hall–Kier alpha value is -6.12. The quantitative estimate of drug-likeness (QED) is 0.200. The molecule has 1 aliphatic heterocycles. The van der Waals surface area contributed by atoms with Crippen molar-refractivity contribution in [2.45, 2.75) is 5.41 Å². The third-order valence-electron chi connectivity index (χ3n) is 10.1. The second-order valence-electron chi connectivity index (χ2n) is 12.4. The molecule has 0 aromatic heterocycles. The highest BCUT2D eigenvalue weighted by Gasteiger charge is 2.52. The molecule has 2 aliphatic rings. The summed E-state index contributed by atoms with van der Waals surface area (Å²) in [4.78, 5) is 2.39. The second kappa shape index (κ2) is 9.94. The van der Waals surface area contributed by atoms with Gasteiger partial charge in [-0.25, -0.2) is 0 Å². The van der Waals surface area contributed by atoms with Crippen LogP contribution in [0.15, 0.2) is 176 Å². The van der Waals surface area contributed by atoms with Gasteiger partial charge >= 0.3 is 0 Å². The van der Waals surface area contributed by atoms with E-state index in [9.17, 15) is 0 Å². The van der Waals surface area contributed by atoms with Gasteiger partial charge in [-0.15, -0.1) is 0 Å². The predicted octanol–water partition coefficient (Wildman–Crippen LogP) is 11.9. The minimum atomic E-state index is -0.585. The van der Waals surface area contributed by atoms with Gasteiger partial charge in [-0.05, 0) is 58.0 Å². The van der Waals surface area contributed by atoms with Gasteiger partial charge in [0.25, 0.3) is 0 Å². The van der Waals surface area contributed by atoms with E-state index in [1.165, 1.54) is 33.2 Å². The number of hydrogen-bond acceptors (Lipinski definition) is 2. The third kappa shape index (κ3) is 3.55. The SMILES string of the molecule is c1ccc(N(c2ccccc2)c2cc3c(c4ccccc24)Oc2c(ccc4ccccc24)C32c3ccccc3-c3ccccc32)cc1. The summed E-state index contributed by atoms with van der Waals surface area (Å²) in [5.74, 6) is 1.85. The molecular formula is C45H29NO. The van der Waals surface area contributed by atoms with Crippen molar-refractivity contribution < 1.29 is 4.74 Å². The van der Waals surface area contributed by atoms with E-state index in [4.69, 9.17) is 4.74 Å². The van der Waals surface area contributed by atoms with Crippen LogP contribution in [0.3, 0.4) is 0 Å². The van der Waals surface area contributed by atoms with Crippen LogP contribution in [0.5, 0.6) is 11.5 Å². The van der Waals surface area contributed by atoms with Crippen LogP contribution in [0.2, 0.25) is 0 Å². The fourth-order valence-electron chi connectivity index (χ4n) is 8.20. The molecule has 220 valence electrons. The van der Waals surface area contributed by atoms with Crippen LogP contribution < -0.4 is 9.64 Å². The van der Waals surface area contributed by atoms with E-state index in [1.54, 1.807) is 0 Å². The molecule has 1 aliphatic carbocycles. The molecule has 2 heteroatoms. The van der Waals surface area contributed by atoms with Crippen LogP contribution >= 0.6 is 0 Å². The summed E-state index contributed by atoms with van der Waals surface area (Å²) in [6, 6.07) is 63.6. The van der Waals surface area contributed by atoms with E-state index in [0.29, 0.717) is 0 Å². The summed E-state index contributed by atoms with van der Waals surface area (Å²) in [6.07, 6.45) is 0. The Morgan fingerprint density at radius 1 is 0.383 bits per heavy atom. The first-order valence-corrected chi connectivity index (χ1v) is 16.2. The van der Waals surface area contributed by atoms with E-state index in [0.717, 1.165) is 50.3 Å². The fraction of sp³-hybridized carbons (Fsp3) is 0.0222. The van der Waals surface area contributed by atoms with Crippen LogP contribution in [0.4, 0.5) is 17.1 Å². The van der Waals surface area contributed by atoms with Crippen LogP contribution in [0, 0.1) is 0 Å². The van der Waals surface area contributed by atoms with Crippen molar-refractivity contribution in [2.24, 2.45) is 0 Å². The second-order valence-corrected chi connectivity index (χ2v) is 12.4. The molecule has 0 saturated carbocycles. The van der Waals surface area contributed by atoms with Crippen LogP contribution in [-0.2, 0) is 5.41 Å². The number of anilines is 3. The molecule has 47 heavy (non-hydrogen) atoms. The Balaban J connectivity index is 1.40. The maximum Gasteiger partial charge on any atom is 0.140 e. The Labute approximate surface area is 273 Å². The molecule has 0 bridgehead atoms. The van der Waals surface area contributed by atoms with Crippen molar-refractivity contribution in [3.63, 3.8) is 0 Å². The van der Waals surface area contributed by atoms with Crippen molar-refractivity contribution in [3.8, 4) is 22.6 Å². The average molecular weight is 600 g/mol. The number of para-hydroxylation sites is 2. The molecule has 2 nitrogen and oxygen atoms in total. The molecule has 0 amide bonds. The fourth-order valence-corrected chi connectivity index (χ4v) is 8.20. The Kier molecular flexibility index (Phi) is 5.53. The highest BCUT2D eigenvalue weighted by molar-refractivity contribution is 6.06. The van der Waals surface area contributed by atoms with Gasteiger partial charge in [0, 0.05) is 38.7 Å². The largest absolute Gasteiger partial charge is 0.455 e. The first-order valence-electron chi connectivity index (χ1n) is 16.2. The minimum absolute atomic E-state index is 0.585. The molecule has 8 aromatic rings. The molecule has 0 atom stereocenters. The Morgan fingerprint density at radius 2 is 0.894 bits per heavy atom. The van der Waals surface area contributed by atoms with Gasteiger partial charge in [0.1, 0.15) is 11.5 Å². The van der Waals surface area contributed by atoms with Crippen molar-refractivity contribution >= 4 is 38.6 Å². The van der Waals surface area contributed by atoms with Gasteiger partial charge in [0.05, 0.1) is 11.1 Å². The first kappa shape index (κ1) is 26.1. The van der Waals surface area contributed by atoms with Crippen LogP contribution in [0.25, 0.3) is 32.7 Å². The van der Waals surface area contributed by atoms with Gasteiger partial charge in [-0.1, -0.05) is 146 Å². The van der Waals surface area contributed by atoms with E-state index in [-0.39, 0.29) is 0 Å². The lowest BCUT2D eigenvalue weighted by atomic mass is 9.65. The van der Waals surface area contributed by atoms with Crippen LogP contribution in [0.1, 0.15) is 22.3 Å². The molecule has 0 fully saturated rings. The maximum atomic E-state index is 7.25. The van der Waals surface area contributed by atoms with Gasteiger partial charge in [0.15, 0.2) is 0 Å². The number of rotatable bonds is 3. The molecule has 1 spiro atoms. The standard InChI is InChI=1S/C45H29NO/c1-3-16-31(17-4-1)46(32-18-5-2-6-19-32)42-29-41-44(37-24-10-9-23-36(37)42)47-43-33-20-8-7-15-30(33)27-28-40(43)45(41)38-25-13-11-21-34(38)35-22-12-14-26-39(35)45/h1-29H. The lowest BCUT2D eigenvalue weighted by Gasteiger charge is -2.41. The highest BCUT2D eigenvalue weighted by atomic mass is 16.5. The number of ether oxygens (including phenoxy) is 1. The third-order valence-corrected chi connectivity index (χ3v) is 10.1. The van der Waals surface area contributed by atoms with E-state index in [2.05, 4.69) is 181 Å². The van der Waals surface area contributed by atoms with Crippen molar-refractivity contribution in [3.05, 3.63) is 198 Å². The molecule has 0 saturated heterocycles. The summed E-state index contributed by atoms with van der Waals surface area (Å²) < 4.78 is 7.25. The minimum Gasteiger partial charge on any atom is -0.455 e. The summed E-state index contributed by atoms with van der Waals surface area (Å²) in [5, 5.41) is 4.53. The lowest BCUT2D eigenvalue weighted by Crippen LogP contribution is -2.32. The smallest absolute Gasteiger partial charge is 0.140 e. The van der Waals surface area contributed by atoms with E-state index >= 15 is 0 Å². The lowest BCUT2D eigenvalue weighted by molar-refractivity contribution is 0.447. The van der Waals surface area contributed by atoms with Gasteiger partial charge in [-0.2, -0.15) is 0 Å². The average Bonchev–Trinajstić information content (AvgIpc) is 3.44. The van der Waals surface area contributed by atoms with Crippen molar-refractivity contribution in [1.82, 2.24) is 0 Å². The van der Waals surface area contributed by atoms with Gasteiger partial charge in [0.2, 0.25) is 0 Å². The monoisotopic (exact) mass is 599 g/mol. The zero-order chi connectivity index (χ0) is 31.0. The normalized spacial score (nSPS) is 13.4. The zero-order valence-corrected chi connectivity index (χ0v) is 25.6. The number of benzene rings is 8. The number of nitrogens with zero attached hydrogens (tertiary/aromatic N) is 1. The molecule has 1 heterocycles. The van der Waals surface area contributed by atoms with Gasteiger partial charge in [-0.3, -0.25) is 0 Å². The summed E-state index contributed by atoms with van der Waals surface area (Å²) >= 11 is 0. The summed E-state index contributed by atoms with van der Waals surface area (Å²) in [6.45, 7) is 0. The van der Waals surface area contributed by atoms with Crippen molar-refractivity contribution in [1.29, 1.82) is 0 Å². The Morgan fingerprint density at radius 3 is 1.55 bits per heavy atom. The van der Waals surface area contributed by atoms with E-state index in [1.807, 2.05) is 0 Å². The molecule has 10 rings (SSSR count). The Bertz CT molecular complexity index is 2410. The number of fused-ring (bicyclic) bond motifs is 13. The van der Waals surface area contributed by atoms with Crippen molar-refractivity contribution in [2.75, 3.05) is 4.90 Å². The highest BCUT2D eigenvalue weighted by Crippen LogP contribution is 2.64. The molecule has 0 N–H and O–H groups in total. The molecule has 0 unspecified atom stereocenters. The zero-order valence-electron chi connectivity index (χ0n) is 25.6. The molecular weight excluding hydrogens is 571 g/mol. The van der Waals surface area contributed by atoms with E-state index < -0.39 is 5.41 Å². The summed E-state index contributed by atoms with van der Waals surface area (Å²) in [7, 11) is 0. The first-order chi connectivity index (χ1) is 23.3. The number of hydrogen-bond donors (Lipinski definition) is 0. The predicted molar refractivity (Wildman–Crippen MR) is 194 cm³/mol. The molecule has 8 aromatic carbocycles.